The van der Waals surface area contributed by atoms with Gasteiger partial charge in [0.25, 0.3) is 0 Å². The van der Waals surface area contributed by atoms with Gasteiger partial charge in [-0.3, -0.25) is 21.2 Å². The van der Waals surface area contributed by atoms with Gasteiger partial charge in [0.05, 0.1) is 5.52 Å². The van der Waals surface area contributed by atoms with Gasteiger partial charge in [-0.2, -0.15) is 0 Å². The van der Waals surface area contributed by atoms with E-state index in [0.29, 0.717) is 0 Å². The zero-order valence-corrected chi connectivity index (χ0v) is 11.7. The lowest BCUT2D eigenvalue weighted by molar-refractivity contribution is 0.523. The molecule has 0 amide bonds. The van der Waals surface area contributed by atoms with Gasteiger partial charge < -0.3 is 0 Å². The number of rotatable bonds is 5. The van der Waals surface area contributed by atoms with Crippen LogP contribution in [0.1, 0.15) is 11.1 Å². The fourth-order valence-corrected chi connectivity index (χ4v) is 2.59. The second kappa shape index (κ2) is 6.43. The monoisotopic (exact) mass is 278 g/mol. The minimum atomic E-state index is 0.167. The van der Waals surface area contributed by atoms with Crippen LogP contribution in [0.4, 0.5) is 0 Å². The minimum absolute atomic E-state index is 0.167. The molecule has 1 unspecified atom stereocenters. The topological polar surface area (TPSA) is 63.8 Å². The van der Waals surface area contributed by atoms with Gasteiger partial charge in [-0.25, -0.2) is 0 Å². The molecule has 3 rings (SSSR count). The summed E-state index contributed by atoms with van der Waals surface area (Å²) >= 11 is 0. The van der Waals surface area contributed by atoms with E-state index in [9.17, 15) is 0 Å². The molecule has 0 saturated carbocycles. The third-order valence-electron chi connectivity index (χ3n) is 3.65. The number of benzene rings is 1. The van der Waals surface area contributed by atoms with Gasteiger partial charge in [-0.1, -0.05) is 24.3 Å². The van der Waals surface area contributed by atoms with Crippen LogP contribution in [0.25, 0.3) is 10.9 Å². The van der Waals surface area contributed by atoms with Crippen molar-refractivity contribution in [2.24, 2.45) is 5.84 Å². The molecule has 0 aliphatic heterocycles. The first-order chi connectivity index (χ1) is 10.4. The molecule has 3 aromatic rings. The number of nitrogens with two attached hydrogens (primary N) is 1. The number of para-hydroxylation sites is 1. The van der Waals surface area contributed by atoms with Gasteiger partial charge in [0.15, 0.2) is 0 Å². The van der Waals surface area contributed by atoms with Gasteiger partial charge in [0.1, 0.15) is 0 Å². The Morgan fingerprint density at radius 2 is 1.90 bits per heavy atom. The third kappa shape index (κ3) is 3.24. The predicted octanol–water partition coefficient (Wildman–Crippen LogP) is 2.25. The molecule has 0 aliphatic rings. The van der Waals surface area contributed by atoms with E-state index in [1.54, 1.807) is 6.20 Å². The van der Waals surface area contributed by atoms with Crippen molar-refractivity contribution >= 4 is 10.9 Å². The van der Waals surface area contributed by atoms with Crippen molar-refractivity contribution < 1.29 is 0 Å². The van der Waals surface area contributed by atoms with Crippen molar-refractivity contribution in [1.29, 1.82) is 0 Å². The Labute approximate surface area is 124 Å². The fraction of sp³-hybridized carbons (Fsp3) is 0.176. The molecule has 1 atom stereocenters. The van der Waals surface area contributed by atoms with Crippen molar-refractivity contribution in [2.75, 3.05) is 0 Å². The number of hydrogen-bond acceptors (Lipinski definition) is 4. The number of nitrogens with zero attached hydrogens (tertiary/aromatic N) is 2. The molecule has 106 valence electrons. The lowest BCUT2D eigenvalue weighted by atomic mass is 9.98. The van der Waals surface area contributed by atoms with E-state index >= 15 is 0 Å². The quantitative estimate of drug-likeness (QED) is 0.555. The van der Waals surface area contributed by atoms with Gasteiger partial charge in [0, 0.05) is 30.0 Å². The Balaban J connectivity index is 1.82. The molecule has 0 saturated heterocycles. The average molecular weight is 278 g/mol. The van der Waals surface area contributed by atoms with E-state index < -0.39 is 0 Å². The number of hydrogen-bond donors (Lipinski definition) is 2. The Morgan fingerprint density at radius 1 is 1.00 bits per heavy atom. The summed E-state index contributed by atoms with van der Waals surface area (Å²) in [7, 11) is 0. The highest BCUT2D eigenvalue weighted by Gasteiger charge is 2.11. The van der Waals surface area contributed by atoms with Crippen LogP contribution in [0.5, 0.6) is 0 Å². The number of fused-ring (bicyclic) bond motifs is 1. The Bertz CT molecular complexity index is 707. The normalized spacial score (nSPS) is 12.4. The van der Waals surface area contributed by atoms with Crippen LogP contribution >= 0.6 is 0 Å². The Kier molecular flexibility index (Phi) is 4.19. The number of nitrogens with one attached hydrogen (secondary N) is 1. The summed E-state index contributed by atoms with van der Waals surface area (Å²) in [6.07, 6.45) is 7.23. The first-order valence-corrected chi connectivity index (χ1v) is 7.04. The van der Waals surface area contributed by atoms with Crippen LogP contribution in [0, 0.1) is 0 Å². The zero-order valence-electron chi connectivity index (χ0n) is 11.7. The zero-order chi connectivity index (χ0) is 14.5. The molecule has 0 aliphatic carbocycles. The maximum Gasteiger partial charge on any atom is 0.0704 e. The smallest absolute Gasteiger partial charge is 0.0704 e. The molecule has 2 aromatic heterocycles. The van der Waals surface area contributed by atoms with Crippen molar-refractivity contribution in [2.45, 2.75) is 18.9 Å². The summed E-state index contributed by atoms with van der Waals surface area (Å²) in [5.74, 6) is 5.73. The van der Waals surface area contributed by atoms with E-state index in [1.807, 2.05) is 36.7 Å². The maximum absolute atomic E-state index is 5.73. The van der Waals surface area contributed by atoms with Gasteiger partial charge in [-0.15, -0.1) is 0 Å². The molecule has 1 aromatic carbocycles. The Hall–Kier alpha value is -2.30. The highest BCUT2D eigenvalue weighted by atomic mass is 15.2. The van der Waals surface area contributed by atoms with E-state index in [2.05, 4.69) is 33.6 Å². The van der Waals surface area contributed by atoms with Crippen LogP contribution in [-0.2, 0) is 12.8 Å². The van der Waals surface area contributed by atoms with Crippen molar-refractivity contribution in [3.63, 3.8) is 0 Å². The molecule has 0 spiro atoms. The molecule has 2 heterocycles. The van der Waals surface area contributed by atoms with Gasteiger partial charge in [-0.05, 0) is 42.2 Å². The van der Waals surface area contributed by atoms with E-state index in [0.717, 1.165) is 18.4 Å². The highest BCUT2D eigenvalue weighted by molar-refractivity contribution is 5.81. The molecule has 0 radical (unpaired) electrons. The summed E-state index contributed by atoms with van der Waals surface area (Å²) in [6, 6.07) is 14.4. The standard InChI is InChI=1S/C17H18N4/c18-21-15(10-13-4-3-8-19-12-13)11-14-7-9-20-17-6-2-1-5-16(14)17/h1-9,12,15,21H,10-11,18H2. The molecular weight excluding hydrogens is 260 g/mol. The second-order valence-corrected chi connectivity index (χ2v) is 5.12. The van der Waals surface area contributed by atoms with E-state index in [-0.39, 0.29) is 6.04 Å². The molecule has 4 nitrogen and oxygen atoms in total. The lowest BCUT2D eigenvalue weighted by Gasteiger charge is -2.17. The molecule has 3 N–H and O–H groups in total. The Morgan fingerprint density at radius 3 is 2.71 bits per heavy atom. The SMILES string of the molecule is NNC(Cc1cccnc1)Cc1ccnc2ccccc12. The van der Waals surface area contributed by atoms with Crippen LogP contribution in [0.3, 0.4) is 0 Å². The van der Waals surface area contributed by atoms with Crippen molar-refractivity contribution in [3.8, 4) is 0 Å². The average Bonchev–Trinajstić information content (AvgIpc) is 2.55. The first kappa shape index (κ1) is 13.7. The number of aromatic nitrogens is 2. The summed E-state index contributed by atoms with van der Waals surface area (Å²) in [6.45, 7) is 0. The van der Waals surface area contributed by atoms with Crippen LogP contribution < -0.4 is 11.3 Å². The number of hydrazine groups is 1. The highest BCUT2D eigenvalue weighted by Crippen LogP contribution is 2.18. The molecule has 21 heavy (non-hydrogen) atoms. The summed E-state index contributed by atoms with van der Waals surface area (Å²) in [5.41, 5.74) is 6.37. The molecule has 0 fully saturated rings. The fourth-order valence-electron chi connectivity index (χ4n) is 2.59. The first-order valence-electron chi connectivity index (χ1n) is 7.04. The number of pyridine rings is 2. The molecule has 4 heteroatoms. The van der Waals surface area contributed by atoms with E-state index in [4.69, 9.17) is 5.84 Å². The predicted molar refractivity (Wildman–Crippen MR) is 84.5 cm³/mol. The van der Waals surface area contributed by atoms with Crippen molar-refractivity contribution in [1.82, 2.24) is 15.4 Å². The van der Waals surface area contributed by atoms with Gasteiger partial charge >= 0.3 is 0 Å². The second-order valence-electron chi connectivity index (χ2n) is 5.12. The summed E-state index contributed by atoms with van der Waals surface area (Å²) in [5, 5.41) is 1.19. The summed E-state index contributed by atoms with van der Waals surface area (Å²) < 4.78 is 0. The van der Waals surface area contributed by atoms with Crippen molar-refractivity contribution in [3.05, 3.63) is 72.2 Å². The lowest BCUT2D eigenvalue weighted by Crippen LogP contribution is -2.38. The molecule has 0 bridgehead atoms. The minimum Gasteiger partial charge on any atom is -0.271 e. The maximum atomic E-state index is 5.73. The molecular formula is C17H18N4. The third-order valence-corrected chi connectivity index (χ3v) is 3.65. The van der Waals surface area contributed by atoms with Crippen LogP contribution in [0.2, 0.25) is 0 Å². The largest absolute Gasteiger partial charge is 0.271 e. The summed E-state index contributed by atoms with van der Waals surface area (Å²) in [4.78, 5) is 8.55. The van der Waals surface area contributed by atoms with Crippen LogP contribution in [-0.4, -0.2) is 16.0 Å². The van der Waals surface area contributed by atoms with Crippen LogP contribution in [0.15, 0.2) is 61.1 Å². The van der Waals surface area contributed by atoms with Gasteiger partial charge in [0.2, 0.25) is 0 Å². The van der Waals surface area contributed by atoms with E-state index in [1.165, 1.54) is 16.5 Å².